The van der Waals surface area contributed by atoms with E-state index >= 15 is 4.39 Å². The predicted octanol–water partition coefficient (Wildman–Crippen LogP) is 8.66. The number of rotatable bonds is 6. The zero-order valence-electron chi connectivity index (χ0n) is 24.9. The maximum absolute atomic E-state index is 15.6. The van der Waals surface area contributed by atoms with Crippen molar-refractivity contribution in [3.05, 3.63) is 113 Å². The summed E-state index contributed by atoms with van der Waals surface area (Å²) in [5, 5.41) is 0.464. The first-order valence-corrected chi connectivity index (χ1v) is 14.8. The lowest BCUT2D eigenvalue weighted by Crippen LogP contribution is -2.26. The first kappa shape index (κ1) is 29.1. The van der Waals surface area contributed by atoms with Crippen molar-refractivity contribution in [1.29, 1.82) is 0 Å². The van der Waals surface area contributed by atoms with Crippen molar-refractivity contribution in [2.24, 2.45) is 11.8 Å². The van der Waals surface area contributed by atoms with E-state index in [1.807, 2.05) is 57.2 Å². The van der Waals surface area contributed by atoms with Crippen LogP contribution in [0, 0.1) is 17.7 Å². The molecule has 0 aliphatic heterocycles. The molecular weight excluding hydrogens is 584 g/mol. The molecule has 2 heterocycles. The number of alkyl halides is 3. The highest BCUT2D eigenvalue weighted by Gasteiger charge is 2.61. The summed E-state index contributed by atoms with van der Waals surface area (Å²) < 4.78 is 70.9. The van der Waals surface area contributed by atoms with Gasteiger partial charge in [-0.2, -0.15) is 13.2 Å². The summed E-state index contributed by atoms with van der Waals surface area (Å²) in [4.78, 5) is 17.0. The molecule has 9 heteroatoms. The summed E-state index contributed by atoms with van der Waals surface area (Å²) in [7, 11) is 0. The van der Waals surface area contributed by atoms with Crippen LogP contribution >= 0.6 is 0 Å². The van der Waals surface area contributed by atoms with E-state index in [9.17, 15) is 18.0 Å². The molecule has 0 spiro atoms. The third-order valence-corrected chi connectivity index (χ3v) is 8.57. The zero-order chi connectivity index (χ0) is 31.7. The van der Waals surface area contributed by atoms with Crippen molar-refractivity contribution >= 4 is 16.9 Å². The molecule has 3 aromatic carbocycles. The molecule has 5 aromatic rings. The molecule has 2 aliphatic carbocycles. The SMILES string of the molecule is CC(C)(C)OC(=O)C1C2Cc3cc(OCc4cc5c(-c6ccccc6C(F)(F)F)cn(-c6ccccc6)c5cc4F)ncc3C21. The van der Waals surface area contributed by atoms with Gasteiger partial charge in [-0.05, 0) is 80.1 Å². The maximum atomic E-state index is 15.6. The Morgan fingerprint density at radius 3 is 2.44 bits per heavy atom. The Labute approximate surface area is 257 Å². The monoisotopic (exact) mass is 614 g/mol. The molecule has 0 amide bonds. The Kier molecular flexibility index (Phi) is 6.76. The standard InChI is InChI=1S/C36H30F4N2O3/c1-35(2,3)45-34(43)33-25-13-20-15-31(41-17-26(20)32(25)33)44-19-21-14-24-27(23-11-7-8-12-28(23)36(38,39)40)18-42(30(24)16-29(21)37)22-9-5-4-6-10-22/h4-12,14-18,25,32-33H,13,19H2,1-3H3. The summed E-state index contributed by atoms with van der Waals surface area (Å²) in [5.41, 5.74) is 2.38. The summed E-state index contributed by atoms with van der Waals surface area (Å²) in [6.45, 7) is 5.38. The van der Waals surface area contributed by atoms with E-state index in [1.54, 1.807) is 29.1 Å². The Morgan fingerprint density at radius 1 is 0.978 bits per heavy atom. The molecule has 5 nitrogen and oxygen atoms in total. The number of hydrogen-bond donors (Lipinski definition) is 0. The van der Waals surface area contributed by atoms with Gasteiger partial charge in [0.25, 0.3) is 0 Å². The first-order chi connectivity index (χ1) is 21.4. The van der Waals surface area contributed by atoms with Crippen LogP contribution in [0.3, 0.4) is 0 Å². The van der Waals surface area contributed by atoms with Gasteiger partial charge in [0.2, 0.25) is 5.88 Å². The first-order valence-electron chi connectivity index (χ1n) is 14.8. The molecular formula is C36H30F4N2O3. The number of halogens is 4. The molecule has 1 fully saturated rings. The molecule has 0 radical (unpaired) electrons. The Balaban J connectivity index is 1.19. The molecule has 0 saturated heterocycles. The van der Waals surface area contributed by atoms with Gasteiger partial charge in [0, 0.05) is 46.6 Å². The normalized spacial score (nSPS) is 18.9. The second-order valence-corrected chi connectivity index (χ2v) is 12.7. The molecule has 230 valence electrons. The van der Waals surface area contributed by atoms with Gasteiger partial charge in [-0.25, -0.2) is 9.37 Å². The molecule has 0 N–H and O–H groups in total. The highest BCUT2D eigenvalue weighted by molar-refractivity contribution is 5.98. The van der Waals surface area contributed by atoms with Crippen molar-refractivity contribution in [3.63, 3.8) is 0 Å². The highest BCUT2D eigenvalue weighted by atomic mass is 19.4. The van der Waals surface area contributed by atoms with Gasteiger partial charge < -0.3 is 14.0 Å². The minimum atomic E-state index is -4.57. The van der Waals surface area contributed by atoms with Crippen molar-refractivity contribution in [3.8, 4) is 22.7 Å². The Morgan fingerprint density at radius 2 is 1.71 bits per heavy atom. The van der Waals surface area contributed by atoms with Gasteiger partial charge in [0.1, 0.15) is 18.0 Å². The lowest BCUT2D eigenvalue weighted by atomic mass is 9.98. The fourth-order valence-corrected chi connectivity index (χ4v) is 6.57. The Hall–Kier alpha value is -4.66. The zero-order valence-corrected chi connectivity index (χ0v) is 24.9. The van der Waals surface area contributed by atoms with Crippen LogP contribution in [0.25, 0.3) is 27.7 Å². The van der Waals surface area contributed by atoms with Crippen LogP contribution in [-0.4, -0.2) is 21.1 Å². The third kappa shape index (κ3) is 5.34. The predicted molar refractivity (Wildman–Crippen MR) is 162 cm³/mol. The van der Waals surface area contributed by atoms with E-state index in [-0.39, 0.29) is 41.5 Å². The van der Waals surface area contributed by atoms with Crippen LogP contribution in [-0.2, 0) is 28.7 Å². The number of para-hydroxylation sites is 1. The van der Waals surface area contributed by atoms with E-state index in [4.69, 9.17) is 9.47 Å². The smallest absolute Gasteiger partial charge is 0.417 e. The quantitative estimate of drug-likeness (QED) is 0.142. The number of hydrogen-bond acceptors (Lipinski definition) is 4. The van der Waals surface area contributed by atoms with E-state index in [1.165, 1.54) is 18.2 Å². The molecule has 3 unspecified atom stereocenters. The largest absolute Gasteiger partial charge is 0.473 e. The van der Waals surface area contributed by atoms with Crippen molar-refractivity contribution in [2.45, 2.75) is 51.5 Å². The summed E-state index contributed by atoms with van der Waals surface area (Å²) >= 11 is 0. The average Bonchev–Trinajstić information content (AvgIpc) is 3.39. The van der Waals surface area contributed by atoms with Crippen molar-refractivity contribution in [1.82, 2.24) is 9.55 Å². The molecule has 3 atom stereocenters. The number of nitrogens with zero attached hydrogens (tertiary/aromatic N) is 2. The molecule has 2 aliphatic rings. The van der Waals surface area contributed by atoms with E-state index in [2.05, 4.69) is 4.98 Å². The number of carbonyl (C=O) groups is 1. The topological polar surface area (TPSA) is 53.4 Å². The van der Waals surface area contributed by atoms with Crippen molar-refractivity contribution < 1.29 is 31.8 Å². The highest BCUT2D eigenvalue weighted by Crippen LogP contribution is 2.62. The summed E-state index contributed by atoms with van der Waals surface area (Å²) in [6, 6.07) is 19.2. The minimum absolute atomic E-state index is 0.00620. The van der Waals surface area contributed by atoms with E-state index in [0.29, 0.717) is 34.5 Å². The summed E-state index contributed by atoms with van der Waals surface area (Å²) in [6.07, 6.45) is -0.535. The van der Waals surface area contributed by atoms with E-state index < -0.39 is 23.2 Å². The summed E-state index contributed by atoms with van der Waals surface area (Å²) in [5.74, 6) is -0.316. The Bertz CT molecular complexity index is 1940. The average molecular weight is 615 g/mol. The maximum Gasteiger partial charge on any atom is 0.417 e. The fraction of sp³-hybridized carbons (Fsp3) is 0.278. The number of benzene rings is 3. The van der Waals surface area contributed by atoms with Gasteiger partial charge in [0.15, 0.2) is 0 Å². The van der Waals surface area contributed by atoms with Gasteiger partial charge >= 0.3 is 12.1 Å². The fourth-order valence-electron chi connectivity index (χ4n) is 6.57. The van der Waals surface area contributed by atoms with Crippen LogP contribution in [0.4, 0.5) is 17.6 Å². The lowest BCUT2D eigenvalue weighted by Gasteiger charge is -2.20. The van der Waals surface area contributed by atoms with Gasteiger partial charge in [-0.15, -0.1) is 0 Å². The third-order valence-electron chi connectivity index (χ3n) is 8.57. The number of carbonyl (C=O) groups excluding carboxylic acids is 1. The van der Waals surface area contributed by atoms with Crippen LogP contribution in [0.1, 0.15) is 48.9 Å². The molecule has 2 aromatic heterocycles. The number of aromatic nitrogens is 2. The minimum Gasteiger partial charge on any atom is -0.473 e. The van der Waals surface area contributed by atoms with Crippen LogP contribution in [0.5, 0.6) is 5.88 Å². The van der Waals surface area contributed by atoms with Gasteiger partial charge in [-0.3, -0.25) is 4.79 Å². The molecule has 7 rings (SSSR count). The second kappa shape index (κ2) is 10.5. The van der Waals surface area contributed by atoms with E-state index in [0.717, 1.165) is 17.2 Å². The number of ether oxygens (including phenoxy) is 2. The molecule has 45 heavy (non-hydrogen) atoms. The van der Waals surface area contributed by atoms with Crippen molar-refractivity contribution in [2.75, 3.05) is 0 Å². The van der Waals surface area contributed by atoms with Crippen LogP contribution in [0.2, 0.25) is 0 Å². The van der Waals surface area contributed by atoms with Crippen LogP contribution < -0.4 is 4.74 Å². The van der Waals surface area contributed by atoms with Gasteiger partial charge in [0.05, 0.1) is 17.0 Å². The number of esters is 1. The molecule has 0 bridgehead atoms. The van der Waals surface area contributed by atoms with Crippen LogP contribution in [0.15, 0.2) is 85.2 Å². The number of fused-ring (bicyclic) bond motifs is 4. The van der Waals surface area contributed by atoms with Gasteiger partial charge in [-0.1, -0.05) is 36.4 Å². The lowest BCUT2D eigenvalue weighted by molar-refractivity contribution is -0.157. The second-order valence-electron chi connectivity index (χ2n) is 12.7. The number of pyridine rings is 1. The molecule has 1 saturated carbocycles.